The molecule has 1 aromatic carbocycles. The molecule has 0 aromatic heterocycles. The van der Waals surface area contributed by atoms with E-state index in [9.17, 15) is 14.9 Å². The molecule has 7 heteroatoms. The van der Waals surface area contributed by atoms with Crippen molar-refractivity contribution in [3.8, 4) is 5.75 Å². The Morgan fingerprint density at radius 3 is 2.81 bits per heavy atom. The summed E-state index contributed by atoms with van der Waals surface area (Å²) < 4.78 is 5.27. The highest BCUT2D eigenvalue weighted by Crippen LogP contribution is 2.35. The molecule has 2 N–H and O–H groups in total. The van der Waals surface area contributed by atoms with Crippen LogP contribution in [0.25, 0.3) is 0 Å². The molecule has 1 atom stereocenters. The molecule has 1 aliphatic rings. The van der Waals surface area contributed by atoms with Crippen LogP contribution >= 0.6 is 0 Å². The number of nitro benzene ring substituents is 1. The molecule has 21 heavy (non-hydrogen) atoms. The highest BCUT2D eigenvalue weighted by molar-refractivity contribution is 5.86. The first kappa shape index (κ1) is 15.1. The Labute approximate surface area is 122 Å². The van der Waals surface area contributed by atoms with Gasteiger partial charge in [-0.1, -0.05) is 6.07 Å². The number of carbonyl (C=O) groups is 1. The van der Waals surface area contributed by atoms with E-state index in [0.29, 0.717) is 6.61 Å². The molecule has 0 saturated heterocycles. The molecule has 0 radical (unpaired) electrons. The van der Waals surface area contributed by atoms with Gasteiger partial charge in [0.15, 0.2) is 5.75 Å². The van der Waals surface area contributed by atoms with Gasteiger partial charge in [0, 0.05) is 6.04 Å². The first-order valence-corrected chi connectivity index (χ1v) is 7.00. The van der Waals surface area contributed by atoms with Crippen molar-refractivity contribution in [3.63, 3.8) is 0 Å². The van der Waals surface area contributed by atoms with Crippen molar-refractivity contribution in [1.29, 1.82) is 0 Å². The Morgan fingerprint density at radius 1 is 1.52 bits per heavy atom. The summed E-state index contributed by atoms with van der Waals surface area (Å²) in [6, 6.07) is 4.47. The lowest BCUT2D eigenvalue weighted by molar-refractivity contribution is -0.384. The Bertz CT molecular complexity index is 543. The number of nitrogens with one attached hydrogen (secondary N) is 2. The SMILES string of the molecule is CCOc1cccc(NC(C)C(=O)NC2CC2)c1[N+](=O)[O-]. The Morgan fingerprint density at radius 2 is 2.24 bits per heavy atom. The number of benzene rings is 1. The van der Waals surface area contributed by atoms with Crippen molar-refractivity contribution in [2.24, 2.45) is 0 Å². The molecule has 1 saturated carbocycles. The molecular weight excluding hydrogens is 274 g/mol. The van der Waals surface area contributed by atoms with Crippen molar-refractivity contribution in [2.75, 3.05) is 11.9 Å². The van der Waals surface area contributed by atoms with Crippen molar-refractivity contribution in [2.45, 2.75) is 38.8 Å². The Hall–Kier alpha value is -2.31. The summed E-state index contributed by atoms with van der Waals surface area (Å²) >= 11 is 0. The van der Waals surface area contributed by atoms with Gasteiger partial charge in [0.2, 0.25) is 5.91 Å². The number of ether oxygens (including phenoxy) is 1. The fraction of sp³-hybridized carbons (Fsp3) is 0.500. The number of rotatable bonds is 7. The van der Waals surface area contributed by atoms with Crippen LogP contribution in [0.3, 0.4) is 0 Å². The quantitative estimate of drug-likeness (QED) is 0.593. The monoisotopic (exact) mass is 293 g/mol. The third-order valence-corrected chi connectivity index (χ3v) is 3.17. The maximum absolute atomic E-state index is 11.9. The number of hydrogen-bond acceptors (Lipinski definition) is 5. The molecule has 0 bridgehead atoms. The van der Waals surface area contributed by atoms with Crippen molar-refractivity contribution >= 4 is 17.3 Å². The highest BCUT2D eigenvalue weighted by Gasteiger charge is 2.27. The summed E-state index contributed by atoms with van der Waals surface area (Å²) in [6.07, 6.45) is 2.00. The molecule has 1 amide bonds. The van der Waals surface area contributed by atoms with E-state index < -0.39 is 11.0 Å². The van der Waals surface area contributed by atoms with E-state index >= 15 is 0 Å². The third-order valence-electron chi connectivity index (χ3n) is 3.17. The summed E-state index contributed by atoms with van der Waals surface area (Å²) in [4.78, 5) is 22.7. The molecule has 1 fully saturated rings. The van der Waals surface area contributed by atoms with Gasteiger partial charge in [-0.15, -0.1) is 0 Å². The predicted octanol–water partition coefficient (Wildman–Crippen LogP) is 2.07. The van der Waals surface area contributed by atoms with Crippen LogP contribution in [0.2, 0.25) is 0 Å². The van der Waals surface area contributed by atoms with Crippen LogP contribution in [0, 0.1) is 10.1 Å². The normalized spacial score (nSPS) is 15.1. The van der Waals surface area contributed by atoms with E-state index in [1.54, 1.807) is 32.0 Å². The van der Waals surface area contributed by atoms with Gasteiger partial charge in [0.05, 0.1) is 11.5 Å². The summed E-state index contributed by atoms with van der Waals surface area (Å²) in [5.74, 6) is 0.0379. The number of carbonyl (C=O) groups excluding carboxylic acids is 1. The lowest BCUT2D eigenvalue weighted by atomic mass is 10.2. The van der Waals surface area contributed by atoms with Gasteiger partial charge < -0.3 is 15.4 Å². The van der Waals surface area contributed by atoms with Gasteiger partial charge in [-0.3, -0.25) is 14.9 Å². The lowest BCUT2D eigenvalue weighted by Crippen LogP contribution is -2.38. The lowest BCUT2D eigenvalue weighted by Gasteiger charge is -2.16. The van der Waals surface area contributed by atoms with Crippen molar-refractivity contribution < 1.29 is 14.5 Å². The minimum absolute atomic E-state index is 0.148. The van der Waals surface area contributed by atoms with Gasteiger partial charge in [0.1, 0.15) is 11.7 Å². The number of anilines is 1. The van der Waals surface area contributed by atoms with E-state index in [4.69, 9.17) is 4.74 Å². The van der Waals surface area contributed by atoms with E-state index in [1.165, 1.54) is 0 Å². The minimum Gasteiger partial charge on any atom is -0.487 e. The molecule has 1 aliphatic carbocycles. The molecule has 0 spiro atoms. The fourth-order valence-electron chi connectivity index (χ4n) is 1.95. The zero-order valence-corrected chi connectivity index (χ0v) is 12.1. The average molecular weight is 293 g/mol. The second-order valence-electron chi connectivity index (χ2n) is 4.99. The van der Waals surface area contributed by atoms with Crippen LogP contribution in [0.1, 0.15) is 26.7 Å². The van der Waals surface area contributed by atoms with Crippen LogP contribution in [-0.4, -0.2) is 29.5 Å². The van der Waals surface area contributed by atoms with E-state index in [1.807, 2.05) is 0 Å². The number of nitro groups is 1. The zero-order valence-electron chi connectivity index (χ0n) is 12.1. The van der Waals surface area contributed by atoms with Crippen LogP contribution in [0.5, 0.6) is 5.75 Å². The number of para-hydroxylation sites is 1. The molecular formula is C14H19N3O4. The summed E-state index contributed by atoms with van der Waals surface area (Å²) in [5, 5.41) is 17.0. The van der Waals surface area contributed by atoms with Crippen LogP contribution in [-0.2, 0) is 4.79 Å². The van der Waals surface area contributed by atoms with Gasteiger partial charge in [-0.25, -0.2) is 0 Å². The maximum atomic E-state index is 11.9. The summed E-state index contributed by atoms with van der Waals surface area (Å²) in [5.41, 5.74) is 0.134. The standard InChI is InChI=1S/C14H19N3O4/c1-3-21-12-6-4-5-11(13(12)17(19)20)15-9(2)14(18)16-10-7-8-10/h4-6,9-10,15H,3,7-8H2,1-2H3,(H,16,18). The third kappa shape index (κ3) is 3.84. The van der Waals surface area contributed by atoms with Crippen molar-refractivity contribution in [3.05, 3.63) is 28.3 Å². The van der Waals surface area contributed by atoms with Gasteiger partial charge in [0.25, 0.3) is 0 Å². The minimum atomic E-state index is -0.554. The van der Waals surface area contributed by atoms with Gasteiger partial charge in [-0.2, -0.15) is 0 Å². The van der Waals surface area contributed by atoms with E-state index in [2.05, 4.69) is 10.6 Å². The van der Waals surface area contributed by atoms with Crippen LogP contribution < -0.4 is 15.4 Å². The largest absolute Gasteiger partial charge is 0.487 e. The van der Waals surface area contributed by atoms with E-state index in [0.717, 1.165) is 12.8 Å². The topological polar surface area (TPSA) is 93.5 Å². The molecule has 1 aromatic rings. The van der Waals surface area contributed by atoms with Crippen molar-refractivity contribution in [1.82, 2.24) is 5.32 Å². The second kappa shape index (κ2) is 6.43. The number of nitrogens with zero attached hydrogens (tertiary/aromatic N) is 1. The molecule has 0 aliphatic heterocycles. The van der Waals surface area contributed by atoms with Gasteiger partial charge in [-0.05, 0) is 38.8 Å². The Kier molecular flexibility index (Phi) is 4.62. The fourth-order valence-corrected chi connectivity index (χ4v) is 1.95. The molecule has 0 heterocycles. The van der Waals surface area contributed by atoms with Crippen LogP contribution in [0.15, 0.2) is 18.2 Å². The van der Waals surface area contributed by atoms with E-state index in [-0.39, 0.29) is 29.1 Å². The first-order chi connectivity index (χ1) is 10.0. The maximum Gasteiger partial charge on any atom is 0.333 e. The second-order valence-corrected chi connectivity index (χ2v) is 4.99. The number of amides is 1. The Balaban J connectivity index is 2.15. The zero-order chi connectivity index (χ0) is 15.4. The average Bonchev–Trinajstić information content (AvgIpc) is 3.22. The van der Waals surface area contributed by atoms with Crippen LogP contribution in [0.4, 0.5) is 11.4 Å². The first-order valence-electron chi connectivity index (χ1n) is 7.00. The van der Waals surface area contributed by atoms with Gasteiger partial charge >= 0.3 is 5.69 Å². The molecule has 114 valence electrons. The number of hydrogen-bond donors (Lipinski definition) is 2. The molecule has 7 nitrogen and oxygen atoms in total. The summed E-state index contributed by atoms with van der Waals surface area (Å²) in [6.45, 7) is 3.77. The highest BCUT2D eigenvalue weighted by atomic mass is 16.6. The summed E-state index contributed by atoms with van der Waals surface area (Å²) in [7, 11) is 0. The predicted molar refractivity (Wildman–Crippen MR) is 78.5 cm³/mol. The smallest absolute Gasteiger partial charge is 0.333 e. The molecule has 1 unspecified atom stereocenters. The molecule has 2 rings (SSSR count).